The average molecular weight is 294 g/mol. The zero-order chi connectivity index (χ0) is 10.9. The van der Waals surface area contributed by atoms with Crippen LogP contribution in [0, 0.1) is 0 Å². The summed E-state index contributed by atoms with van der Waals surface area (Å²) < 4.78 is 0. The minimum absolute atomic E-state index is 0.243. The predicted molar refractivity (Wildman–Crippen MR) is 70.8 cm³/mol. The normalized spacial score (nSPS) is 20.5. The molecule has 1 N–H and O–H groups in total. The van der Waals surface area contributed by atoms with Crippen molar-refractivity contribution in [3.05, 3.63) is 0 Å². The standard InChI is InChI=1S/C11H20BrNOS/c12-7-3-1-2-4-8-13-11(14)10-6-5-9-15-10/h10H,1-9H2,(H,13,14). The van der Waals surface area contributed by atoms with Crippen molar-refractivity contribution in [1.82, 2.24) is 5.32 Å². The third-order valence-electron chi connectivity index (χ3n) is 2.58. The lowest BCUT2D eigenvalue weighted by Crippen LogP contribution is -2.31. The Balaban J connectivity index is 1.92. The maximum absolute atomic E-state index is 11.6. The fraction of sp³-hybridized carbons (Fsp3) is 0.909. The Morgan fingerprint density at radius 2 is 2.13 bits per heavy atom. The summed E-state index contributed by atoms with van der Waals surface area (Å²) in [6.45, 7) is 0.859. The van der Waals surface area contributed by atoms with Gasteiger partial charge < -0.3 is 5.32 Å². The quantitative estimate of drug-likeness (QED) is 0.578. The second-order valence-electron chi connectivity index (χ2n) is 3.90. The number of thioether (sulfide) groups is 1. The predicted octanol–water partition coefficient (Wildman–Crippen LogP) is 2.95. The first-order valence-electron chi connectivity index (χ1n) is 5.80. The maximum atomic E-state index is 11.6. The molecule has 88 valence electrons. The van der Waals surface area contributed by atoms with E-state index in [1.165, 1.54) is 25.7 Å². The molecule has 0 radical (unpaired) electrons. The molecule has 4 heteroatoms. The number of alkyl halides is 1. The molecule has 0 aromatic carbocycles. The van der Waals surface area contributed by atoms with Crippen molar-refractivity contribution in [3.63, 3.8) is 0 Å². The fourth-order valence-corrected chi connectivity index (χ4v) is 3.27. The van der Waals surface area contributed by atoms with Crippen LogP contribution < -0.4 is 5.32 Å². The van der Waals surface area contributed by atoms with Crippen LogP contribution in [0.5, 0.6) is 0 Å². The summed E-state index contributed by atoms with van der Waals surface area (Å²) in [4.78, 5) is 11.6. The minimum Gasteiger partial charge on any atom is -0.355 e. The van der Waals surface area contributed by atoms with Gasteiger partial charge in [-0.15, -0.1) is 11.8 Å². The lowest BCUT2D eigenvalue weighted by atomic mass is 10.2. The Kier molecular flexibility index (Phi) is 7.53. The zero-order valence-corrected chi connectivity index (χ0v) is 11.5. The molecule has 1 amide bonds. The van der Waals surface area contributed by atoms with Crippen molar-refractivity contribution in [2.24, 2.45) is 0 Å². The number of unbranched alkanes of at least 4 members (excludes halogenated alkanes) is 3. The van der Waals surface area contributed by atoms with E-state index in [-0.39, 0.29) is 11.2 Å². The number of hydrogen-bond acceptors (Lipinski definition) is 2. The van der Waals surface area contributed by atoms with E-state index in [0.29, 0.717) is 0 Å². The second-order valence-corrected chi connectivity index (χ2v) is 6.00. The molecule has 0 aromatic rings. The summed E-state index contributed by atoms with van der Waals surface area (Å²) >= 11 is 5.22. The van der Waals surface area contributed by atoms with Crippen LogP contribution >= 0.6 is 27.7 Å². The number of carbonyl (C=O) groups excluding carboxylic acids is 1. The third-order valence-corrected chi connectivity index (χ3v) is 4.52. The van der Waals surface area contributed by atoms with Crippen molar-refractivity contribution in [2.45, 2.75) is 43.8 Å². The molecule has 2 nitrogen and oxygen atoms in total. The summed E-state index contributed by atoms with van der Waals surface area (Å²) in [7, 11) is 0. The largest absolute Gasteiger partial charge is 0.355 e. The Morgan fingerprint density at radius 3 is 2.80 bits per heavy atom. The van der Waals surface area contributed by atoms with Crippen LogP contribution in [0.4, 0.5) is 0 Å². The highest BCUT2D eigenvalue weighted by Gasteiger charge is 2.22. The molecular weight excluding hydrogens is 274 g/mol. The molecule has 15 heavy (non-hydrogen) atoms. The molecule has 1 saturated heterocycles. The second kappa shape index (κ2) is 8.45. The van der Waals surface area contributed by atoms with Crippen LogP contribution in [-0.4, -0.2) is 28.8 Å². The number of carbonyl (C=O) groups is 1. The Morgan fingerprint density at radius 1 is 1.33 bits per heavy atom. The van der Waals surface area contributed by atoms with Crippen LogP contribution in [0.15, 0.2) is 0 Å². The van der Waals surface area contributed by atoms with Crippen LogP contribution in [0.1, 0.15) is 38.5 Å². The van der Waals surface area contributed by atoms with Crippen molar-refractivity contribution in [1.29, 1.82) is 0 Å². The van der Waals surface area contributed by atoms with Gasteiger partial charge in [-0.05, 0) is 31.4 Å². The van der Waals surface area contributed by atoms with E-state index in [1.54, 1.807) is 11.8 Å². The van der Waals surface area contributed by atoms with Gasteiger partial charge in [-0.3, -0.25) is 4.79 Å². The molecular formula is C11H20BrNOS. The summed E-state index contributed by atoms with van der Waals surface area (Å²) in [5.74, 6) is 1.42. The van der Waals surface area contributed by atoms with Gasteiger partial charge in [-0.25, -0.2) is 0 Å². The highest BCUT2D eigenvalue weighted by Crippen LogP contribution is 2.25. The summed E-state index contributed by atoms with van der Waals surface area (Å²) in [5.41, 5.74) is 0. The van der Waals surface area contributed by atoms with Gasteiger partial charge in [0.2, 0.25) is 5.91 Å². The summed E-state index contributed by atoms with van der Waals surface area (Å²) in [6, 6.07) is 0. The number of hydrogen-bond donors (Lipinski definition) is 1. The van der Waals surface area contributed by atoms with E-state index in [4.69, 9.17) is 0 Å². The van der Waals surface area contributed by atoms with Gasteiger partial charge in [-0.1, -0.05) is 28.8 Å². The van der Waals surface area contributed by atoms with Crippen LogP contribution in [0.2, 0.25) is 0 Å². The Labute approximate surface area is 105 Å². The zero-order valence-electron chi connectivity index (χ0n) is 9.14. The summed E-state index contributed by atoms with van der Waals surface area (Å²) in [6.07, 6.45) is 7.12. The van der Waals surface area contributed by atoms with Crippen LogP contribution in [-0.2, 0) is 4.79 Å². The molecule has 1 aliphatic heterocycles. The molecule has 0 saturated carbocycles. The molecule has 1 atom stereocenters. The van der Waals surface area contributed by atoms with E-state index in [0.717, 1.165) is 30.5 Å². The fourth-order valence-electron chi connectivity index (χ4n) is 1.68. The number of amides is 1. The molecule has 0 aromatic heterocycles. The first kappa shape index (κ1) is 13.4. The van der Waals surface area contributed by atoms with E-state index in [1.807, 2.05) is 0 Å². The van der Waals surface area contributed by atoms with Gasteiger partial charge in [-0.2, -0.15) is 0 Å². The molecule has 0 aliphatic carbocycles. The number of nitrogens with one attached hydrogen (secondary N) is 1. The van der Waals surface area contributed by atoms with Crippen molar-refractivity contribution < 1.29 is 4.79 Å². The van der Waals surface area contributed by atoms with E-state index in [2.05, 4.69) is 21.2 Å². The monoisotopic (exact) mass is 293 g/mol. The molecule has 1 heterocycles. The van der Waals surface area contributed by atoms with Gasteiger partial charge in [0.1, 0.15) is 0 Å². The first-order valence-corrected chi connectivity index (χ1v) is 7.97. The van der Waals surface area contributed by atoms with E-state index >= 15 is 0 Å². The summed E-state index contributed by atoms with van der Waals surface area (Å²) in [5, 5.41) is 4.37. The van der Waals surface area contributed by atoms with Crippen LogP contribution in [0.3, 0.4) is 0 Å². The van der Waals surface area contributed by atoms with Gasteiger partial charge in [0.25, 0.3) is 0 Å². The highest BCUT2D eigenvalue weighted by molar-refractivity contribution is 9.09. The lowest BCUT2D eigenvalue weighted by Gasteiger charge is -2.09. The van der Waals surface area contributed by atoms with Gasteiger partial charge in [0.05, 0.1) is 5.25 Å². The molecule has 1 rings (SSSR count). The Hall–Kier alpha value is 0.300. The lowest BCUT2D eigenvalue weighted by molar-refractivity contribution is -0.120. The van der Waals surface area contributed by atoms with Gasteiger partial charge in [0.15, 0.2) is 0 Å². The number of halogens is 1. The van der Waals surface area contributed by atoms with Crippen molar-refractivity contribution in [2.75, 3.05) is 17.6 Å². The molecule has 0 bridgehead atoms. The third kappa shape index (κ3) is 5.81. The number of rotatable bonds is 7. The van der Waals surface area contributed by atoms with Gasteiger partial charge >= 0.3 is 0 Å². The molecule has 1 aliphatic rings. The average Bonchev–Trinajstić information content (AvgIpc) is 2.76. The van der Waals surface area contributed by atoms with Crippen molar-refractivity contribution >= 4 is 33.6 Å². The van der Waals surface area contributed by atoms with Crippen molar-refractivity contribution in [3.8, 4) is 0 Å². The Bertz CT molecular complexity index is 183. The maximum Gasteiger partial charge on any atom is 0.233 e. The van der Waals surface area contributed by atoms with E-state index in [9.17, 15) is 4.79 Å². The smallest absolute Gasteiger partial charge is 0.233 e. The first-order chi connectivity index (χ1) is 7.34. The molecule has 1 unspecified atom stereocenters. The topological polar surface area (TPSA) is 29.1 Å². The minimum atomic E-state index is 0.243. The SMILES string of the molecule is O=C(NCCCCCCBr)C1CCCS1. The van der Waals surface area contributed by atoms with Crippen LogP contribution in [0.25, 0.3) is 0 Å². The van der Waals surface area contributed by atoms with E-state index < -0.39 is 0 Å². The molecule has 1 fully saturated rings. The highest BCUT2D eigenvalue weighted by atomic mass is 79.9. The molecule has 0 spiro atoms. The van der Waals surface area contributed by atoms with Gasteiger partial charge in [0, 0.05) is 11.9 Å².